The van der Waals surface area contributed by atoms with E-state index in [1.807, 2.05) is 0 Å². The molecule has 0 aromatic heterocycles. The van der Waals surface area contributed by atoms with Crippen LogP contribution < -0.4 is 11.3 Å². The molecule has 0 saturated heterocycles. The van der Waals surface area contributed by atoms with Crippen LogP contribution in [-0.4, -0.2) is 0 Å². The Hall–Kier alpha value is -0.700. The Morgan fingerprint density at radius 2 is 2.08 bits per heavy atom. The van der Waals surface area contributed by atoms with Crippen LogP contribution >= 0.6 is 23.2 Å². The quantitative estimate of drug-likeness (QED) is 0.572. The Morgan fingerprint density at radius 1 is 1.42 bits per heavy atom. The highest BCUT2D eigenvalue weighted by molar-refractivity contribution is 6.35. The van der Waals surface area contributed by atoms with Crippen molar-refractivity contribution in [3.8, 4) is 0 Å². The van der Waals surface area contributed by atoms with Gasteiger partial charge in [0.15, 0.2) is 0 Å². The molecule has 64 valence electrons. The second kappa shape index (κ2) is 3.81. The van der Waals surface area contributed by atoms with Gasteiger partial charge in [-0.25, -0.2) is 0 Å². The smallest absolute Gasteiger partial charge is 0.0514 e. The molecule has 2 nitrogen and oxygen atoms in total. The lowest BCUT2D eigenvalue weighted by atomic mass is 10.2. The lowest BCUT2D eigenvalue weighted by molar-refractivity contribution is 0.995. The van der Waals surface area contributed by atoms with Crippen molar-refractivity contribution in [1.82, 2.24) is 5.43 Å². The van der Waals surface area contributed by atoms with Crippen LogP contribution in [0.5, 0.6) is 0 Å². The van der Waals surface area contributed by atoms with Crippen LogP contribution in [0, 0.1) is 0 Å². The van der Waals surface area contributed by atoms with Gasteiger partial charge in [-0.05, 0) is 18.2 Å². The number of nitrogens with two attached hydrogens (primary N) is 1. The van der Waals surface area contributed by atoms with E-state index < -0.39 is 0 Å². The molecule has 0 spiro atoms. The van der Waals surface area contributed by atoms with Gasteiger partial charge < -0.3 is 5.43 Å². The third-order valence-electron chi connectivity index (χ3n) is 1.43. The first-order valence-electron chi connectivity index (χ1n) is 3.26. The minimum atomic E-state index is 0.533. The molecule has 0 radical (unpaired) electrons. The summed E-state index contributed by atoms with van der Waals surface area (Å²) in [5, 5.41) is 1.12. The molecule has 0 fully saturated rings. The molecular weight excluding hydrogens is 195 g/mol. The summed E-state index contributed by atoms with van der Waals surface area (Å²) in [4.78, 5) is 0. The molecule has 4 heteroatoms. The zero-order chi connectivity index (χ0) is 9.14. The van der Waals surface area contributed by atoms with E-state index in [4.69, 9.17) is 29.0 Å². The molecule has 0 aliphatic rings. The molecule has 12 heavy (non-hydrogen) atoms. The molecule has 1 aromatic rings. The second-order valence-corrected chi connectivity index (χ2v) is 3.09. The van der Waals surface area contributed by atoms with Gasteiger partial charge in [0.05, 0.1) is 10.7 Å². The molecule has 1 aromatic carbocycles. The van der Waals surface area contributed by atoms with Gasteiger partial charge >= 0.3 is 0 Å². The van der Waals surface area contributed by atoms with Crippen molar-refractivity contribution in [3.05, 3.63) is 40.4 Å². The van der Waals surface area contributed by atoms with Crippen molar-refractivity contribution in [2.75, 3.05) is 0 Å². The normalized spacial score (nSPS) is 9.58. The maximum Gasteiger partial charge on any atom is 0.0514 e. The van der Waals surface area contributed by atoms with Gasteiger partial charge in [-0.2, -0.15) is 0 Å². The van der Waals surface area contributed by atoms with E-state index in [0.29, 0.717) is 15.7 Å². The van der Waals surface area contributed by atoms with Crippen LogP contribution in [0.4, 0.5) is 0 Å². The maximum absolute atomic E-state index is 5.86. The van der Waals surface area contributed by atoms with Crippen molar-refractivity contribution in [2.45, 2.75) is 0 Å². The largest absolute Gasteiger partial charge is 0.324 e. The number of nitrogens with one attached hydrogen (secondary N) is 1. The number of benzene rings is 1. The standard InChI is InChI=1S/C8H8Cl2N2/c1-5(12-11)7-3-2-6(9)4-8(7)10/h2-4,12H,1,11H2. The van der Waals surface area contributed by atoms with Crippen molar-refractivity contribution in [3.63, 3.8) is 0 Å². The minimum Gasteiger partial charge on any atom is -0.324 e. The van der Waals surface area contributed by atoms with Crippen LogP contribution in [0.2, 0.25) is 10.0 Å². The fourth-order valence-corrected chi connectivity index (χ4v) is 1.33. The predicted molar refractivity (Wildman–Crippen MR) is 52.8 cm³/mol. The van der Waals surface area contributed by atoms with Gasteiger partial charge in [0, 0.05) is 10.6 Å². The monoisotopic (exact) mass is 202 g/mol. The molecular formula is C8H8Cl2N2. The maximum atomic E-state index is 5.86. The first-order chi connectivity index (χ1) is 5.65. The number of halogens is 2. The fourth-order valence-electron chi connectivity index (χ4n) is 0.812. The van der Waals surface area contributed by atoms with E-state index in [2.05, 4.69) is 12.0 Å². The Balaban J connectivity index is 3.09. The summed E-state index contributed by atoms with van der Waals surface area (Å²) >= 11 is 11.6. The van der Waals surface area contributed by atoms with E-state index >= 15 is 0 Å². The zero-order valence-corrected chi connectivity index (χ0v) is 7.78. The molecule has 0 heterocycles. The summed E-state index contributed by atoms with van der Waals surface area (Å²) < 4.78 is 0. The highest BCUT2D eigenvalue weighted by Gasteiger charge is 2.02. The molecule has 3 N–H and O–H groups in total. The van der Waals surface area contributed by atoms with Gasteiger partial charge in [-0.3, -0.25) is 5.84 Å². The number of rotatable bonds is 2. The number of hydrogen-bond donors (Lipinski definition) is 2. The summed E-state index contributed by atoms with van der Waals surface area (Å²) in [5.41, 5.74) is 3.74. The van der Waals surface area contributed by atoms with E-state index in [1.54, 1.807) is 18.2 Å². The lowest BCUT2D eigenvalue weighted by Gasteiger charge is -2.06. The van der Waals surface area contributed by atoms with Crippen LogP contribution in [0.25, 0.3) is 5.70 Å². The van der Waals surface area contributed by atoms with Crippen LogP contribution in [-0.2, 0) is 0 Å². The SMILES string of the molecule is C=C(NN)c1ccc(Cl)cc1Cl. The highest BCUT2D eigenvalue weighted by Crippen LogP contribution is 2.24. The number of hydrazine groups is 1. The Bertz CT molecular complexity index is 310. The van der Waals surface area contributed by atoms with Gasteiger partial charge in [-0.15, -0.1) is 0 Å². The molecule has 0 saturated carbocycles. The van der Waals surface area contributed by atoms with Crippen molar-refractivity contribution < 1.29 is 0 Å². The first-order valence-corrected chi connectivity index (χ1v) is 4.01. The van der Waals surface area contributed by atoms with Crippen molar-refractivity contribution >= 4 is 28.9 Å². The topological polar surface area (TPSA) is 38.0 Å². The average molecular weight is 203 g/mol. The fraction of sp³-hybridized carbons (Fsp3) is 0. The van der Waals surface area contributed by atoms with Crippen molar-refractivity contribution in [1.29, 1.82) is 0 Å². The summed E-state index contributed by atoms with van der Waals surface area (Å²) in [6.07, 6.45) is 0. The summed E-state index contributed by atoms with van der Waals surface area (Å²) in [6, 6.07) is 5.12. The van der Waals surface area contributed by atoms with Crippen LogP contribution in [0.15, 0.2) is 24.8 Å². The molecule has 0 unspecified atom stereocenters. The van der Waals surface area contributed by atoms with E-state index in [0.717, 1.165) is 5.56 Å². The third-order valence-corrected chi connectivity index (χ3v) is 1.98. The Kier molecular flexibility index (Phi) is 2.98. The Morgan fingerprint density at radius 3 is 2.58 bits per heavy atom. The Labute approximate surface area is 80.9 Å². The molecule has 0 atom stereocenters. The van der Waals surface area contributed by atoms with Gasteiger partial charge in [0.1, 0.15) is 0 Å². The average Bonchev–Trinajstić information content (AvgIpc) is 2.03. The molecule has 0 amide bonds. The molecule has 0 bridgehead atoms. The van der Waals surface area contributed by atoms with Crippen LogP contribution in [0.1, 0.15) is 5.56 Å². The molecule has 0 aliphatic heterocycles. The predicted octanol–water partition coefficient (Wildman–Crippen LogP) is 2.43. The van der Waals surface area contributed by atoms with Crippen LogP contribution in [0.3, 0.4) is 0 Å². The lowest BCUT2D eigenvalue weighted by Crippen LogP contribution is -2.19. The van der Waals surface area contributed by atoms with E-state index in [-0.39, 0.29) is 0 Å². The van der Waals surface area contributed by atoms with Gasteiger partial charge in [0.25, 0.3) is 0 Å². The summed E-state index contributed by atoms with van der Waals surface area (Å²) in [7, 11) is 0. The van der Waals surface area contributed by atoms with E-state index in [9.17, 15) is 0 Å². The van der Waals surface area contributed by atoms with Crippen molar-refractivity contribution in [2.24, 2.45) is 5.84 Å². The minimum absolute atomic E-state index is 0.533. The summed E-state index contributed by atoms with van der Waals surface area (Å²) in [6.45, 7) is 3.67. The van der Waals surface area contributed by atoms with Gasteiger partial charge in [0.2, 0.25) is 0 Å². The molecule has 0 aliphatic carbocycles. The van der Waals surface area contributed by atoms with Gasteiger partial charge in [-0.1, -0.05) is 29.8 Å². The molecule has 1 rings (SSSR count). The number of hydrogen-bond acceptors (Lipinski definition) is 2. The highest BCUT2D eigenvalue weighted by atomic mass is 35.5. The van der Waals surface area contributed by atoms with E-state index in [1.165, 1.54) is 0 Å². The second-order valence-electron chi connectivity index (χ2n) is 2.25. The first kappa shape index (κ1) is 9.39. The third kappa shape index (κ3) is 1.91. The summed E-state index contributed by atoms with van der Waals surface area (Å²) in [5.74, 6) is 5.17. The zero-order valence-electron chi connectivity index (χ0n) is 6.27.